The van der Waals surface area contributed by atoms with E-state index in [1.807, 2.05) is 0 Å². The van der Waals surface area contributed by atoms with Gasteiger partial charge in [0.2, 0.25) is 0 Å². The molecular weight excluding hydrogens is 238 g/mol. The average molecular weight is 271 g/mol. The van der Waals surface area contributed by atoms with Gasteiger partial charge in [-0.15, -0.1) is 0 Å². The molecule has 1 aliphatic rings. The molecule has 1 N–H and O–H groups in total. The summed E-state index contributed by atoms with van der Waals surface area (Å²) in [6.07, 6.45) is 4.06. The third kappa shape index (κ3) is 8.58. The Labute approximate surface area is 119 Å². The standard InChI is InChI=1S/C15H33N3O/c1-4-6-15(2)19-14-13-17(3)9-5-10-18-11-7-16-8-12-18/h15-16H,4-14H2,1-3H3. The van der Waals surface area contributed by atoms with Crippen LogP contribution in [0.3, 0.4) is 0 Å². The van der Waals surface area contributed by atoms with E-state index in [0.717, 1.165) is 26.2 Å². The van der Waals surface area contributed by atoms with Gasteiger partial charge in [0.05, 0.1) is 12.7 Å². The van der Waals surface area contributed by atoms with Crippen LogP contribution in [0, 0.1) is 0 Å². The van der Waals surface area contributed by atoms with Gasteiger partial charge in [-0.25, -0.2) is 0 Å². The number of nitrogens with zero attached hydrogens (tertiary/aromatic N) is 2. The Morgan fingerprint density at radius 3 is 2.68 bits per heavy atom. The predicted molar refractivity (Wildman–Crippen MR) is 81.7 cm³/mol. The summed E-state index contributed by atoms with van der Waals surface area (Å²) >= 11 is 0. The maximum Gasteiger partial charge on any atom is 0.0596 e. The fourth-order valence-electron chi connectivity index (χ4n) is 2.51. The van der Waals surface area contributed by atoms with E-state index in [1.165, 1.54) is 45.4 Å². The van der Waals surface area contributed by atoms with Crippen molar-refractivity contribution in [3.05, 3.63) is 0 Å². The van der Waals surface area contributed by atoms with Crippen LogP contribution in [0.5, 0.6) is 0 Å². The Morgan fingerprint density at radius 2 is 2.00 bits per heavy atom. The van der Waals surface area contributed by atoms with Gasteiger partial charge in [-0.1, -0.05) is 13.3 Å². The molecule has 0 radical (unpaired) electrons. The molecule has 0 aromatic rings. The first-order valence-electron chi connectivity index (χ1n) is 7.95. The Balaban J connectivity index is 1.93. The van der Waals surface area contributed by atoms with Crippen molar-refractivity contribution in [2.75, 3.05) is 59.5 Å². The average Bonchev–Trinajstić information content (AvgIpc) is 2.40. The Hall–Kier alpha value is -0.160. The van der Waals surface area contributed by atoms with Crippen molar-refractivity contribution in [2.45, 2.75) is 39.2 Å². The van der Waals surface area contributed by atoms with Gasteiger partial charge in [-0.05, 0) is 39.9 Å². The van der Waals surface area contributed by atoms with Gasteiger partial charge < -0.3 is 19.9 Å². The zero-order valence-electron chi connectivity index (χ0n) is 13.2. The molecule has 0 saturated carbocycles. The second-order valence-corrected chi connectivity index (χ2v) is 5.72. The van der Waals surface area contributed by atoms with E-state index < -0.39 is 0 Å². The van der Waals surface area contributed by atoms with Crippen LogP contribution in [0.4, 0.5) is 0 Å². The normalized spacial score (nSPS) is 18.9. The number of ether oxygens (including phenoxy) is 1. The van der Waals surface area contributed by atoms with Gasteiger partial charge in [-0.2, -0.15) is 0 Å². The summed E-state index contributed by atoms with van der Waals surface area (Å²) in [7, 11) is 2.20. The third-order valence-electron chi connectivity index (χ3n) is 3.79. The van der Waals surface area contributed by atoms with E-state index >= 15 is 0 Å². The molecule has 0 bridgehead atoms. The molecule has 0 amide bonds. The van der Waals surface area contributed by atoms with Crippen LogP contribution in [-0.4, -0.2) is 75.4 Å². The van der Waals surface area contributed by atoms with E-state index in [4.69, 9.17) is 4.74 Å². The molecule has 19 heavy (non-hydrogen) atoms. The van der Waals surface area contributed by atoms with E-state index in [0.29, 0.717) is 6.10 Å². The Bertz CT molecular complexity index is 208. The van der Waals surface area contributed by atoms with Crippen molar-refractivity contribution in [1.82, 2.24) is 15.1 Å². The molecule has 1 heterocycles. The van der Waals surface area contributed by atoms with Crippen molar-refractivity contribution in [1.29, 1.82) is 0 Å². The topological polar surface area (TPSA) is 27.7 Å². The SMILES string of the molecule is CCCC(C)OCCN(C)CCCN1CCNCC1. The van der Waals surface area contributed by atoms with E-state index in [2.05, 4.69) is 36.0 Å². The fraction of sp³-hybridized carbons (Fsp3) is 1.00. The number of rotatable bonds is 10. The number of likely N-dealkylation sites (N-methyl/N-ethyl adjacent to an activating group) is 1. The van der Waals surface area contributed by atoms with E-state index in [-0.39, 0.29) is 0 Å². The highest BCUT2D eigenvalue weighted by molar-refractivity contribution is 4.67. The van der Waals surface area contributed by atoms with Crippen LogP contribution in [0.2, 0.25) is 0 Å². The lowest BCUT2D eigenvalue weighted by atomic mass is 10.2. The minimum absolute atomic E-state index is 0.416. The largest absolute Gasteiger partial charge is 0.377 e. The highest BCUT2D eigenvalue weighted by atomic mass is 16.5. The summed E-state index contributed by atoms with van der Waals surface area (Å²) in [5.74, 6) is 0. The molecule has 0 spiro atoms. The molecule has 1 atom stereocenters. The fourth-order valence-corrected chi connectivity index (χ4v) is 2.51. The van der Waals surface area contributed by atoms with Gasteiger partial charge in [0.15, 0.2) is 0 Å². The number of nitrogens with one attached hydrogen (secondary N) is 1. The lowest BCUT2D eigenvalue weighted by Crippen LogP contribution is -2.44. The van der Waals surface area contributed by atoms with Gasteiger partial charge in [0, 0.05) is 32.7 Å². The highest BCUT2D eigenvalue weighted by Gasteiger charge is 2.09. The summed E-state index contributed by atoms with van der Waals surface area (Å²) < 4.78 is 5.79. The number of hydrogen-bond acceptors (Lipinski definition) is 4. The first kappa shape index (κ1) is 16.9. The number of hydrogen-bond donors (Lipinski definition) is 1. The van der Waals surface area contributed by atoms with Crippen molar-refractivity contribution in [3.8, 4) is 0 Å². The summed E-state index contributed by atoms with van der Waals surface area (Å²) in [5, 5.41) is 3.39. The molecule has 1 saturated heterocycles. The molecule has 0 aromatic heterocycles. The highest BCUT2D eigenvalue weighted by Crippen LogP contribution is 2.01. The van der Waals surface area contributed by atoms with E-state index in [9.17, 15) is 0 Å². The van der Waals surface area contributed by atoms with Crippen molar-refractivity contribution >= 4 is 0 Å². The van der Waals surface area contributed by atoms with E-state index in [1.54, 1.807) is 0 Å². The maximum atomic E-state index is 5.79. The number of piperazine rings is 1. The summed E-state index contributed by atoms with van der Waals surface area (Å²) in [6, 6.07) is 0. The smallest absolute Gasteiger partial charge is 0.0596 e. The van der Waals surface area contributed by atoms with Crippen LogP contribution in [0.15, 0.2) is 0 Å². The Kier molecular flexibility index (Phi) is 9.43. The van der Waals surface area contributed by atoms with Gasteiger partial charge in [0.25, 0.3) is 0 Å². The molecule has 114 valence electrons. The summed E-state index contributed by atoms with van der Waals surface area (Å²) in [4.78, 5) is 4.95. The van der Waals surface area contributed by atoms with Crippen molar-refractivity contribution in [3.63, 3.8) is 0 Å². The van der Waals surface area contributed by atoms with Crippen LogP contribution in [-0.2, 0) is 4.74 Å². The zero-order valence-corrected chi connectivity index (χ0v) is 13.2. The van der Waals surface area contributed by atoms with Crippen molar-refractivity contribution in [2.24, 2.45) is 0 Å². The molecule has 1 unspecified atom stereocenters. The van der Waals surface area contributed by atoms with Crippen LogP contribution in [0.25, 0.3) is 0 Å². The molecule has 4 nitrogen and oxygen atoms in total. The van der Waals surface area contributed by atoms with Crippen molar-refractivity contribution < 1.29 is 4.74 Å². The predicted octanol–water partition coefficient (Wildman–Crippen LogP) is 1.42. The van der Waals surface area contributed by atoms with Crippen LogP contribution >= 0.6 is 0 Å². The second-order valence-electron chi connectivity index (χ2n) is 5.72. The molecule has 1 aliphatic heterocycles. The molecule has 1 fully saturated rings. The molecule has 4 heteroatoms. The van der Waals surface area contributed by atoms with Gasteiger partial charge in [0.1, 0.15) is 0 Å². The van der Waals surface area contributed by atoms with Gasteiger partial charge in [-0.3, -0.25) is 0 Å². The third-order valence-corrected chi connectivity index (χ3v) is 3.79. The summed E-state index contributed by atoms with van der Waals surface area (Å²) in [6.45, 7) is 13.4. The second kappa shape index (κ2) is 10.6. The van der Waals surface area contributed by atoms with Crippen LogP contribution < -0.4 is 5.32 Å². The first-order chi connectivity index (χ1) is 9.22. The van der Waals surface area contributed by atoms with Gasteiger partial charge >= 0.3 is 0 Å². The lowest BCUT2D eigenvalue weighted by molar-refractivity contribution is 0.0466. The molecule has 0 aliphatic carbocycles. The van der Waals surface area contributed by atoms with Crippen LogP contribution in [0.1, 0.15) is 33.1 Å². The quantitative estimate of drug-likeness (QED) is 0.650. The Morgan fingerprint density at radius 1 is 1.26 bits per heavy atom. The summed E-state index contributed by atoms with van der Waals surface area (Å²) in [5.41, 5.74) is 0. The first-order valence-corrected chi connectivity index (χ1v) is 7.95. The molecule has 0 aromatic carbocycles. The molecule has 1 rings (SSSR count). The minimum atomic E-state index is 0.416. The molecular formula is C15H33N3O. The monoisotopic (exact) mass is 271 g/mol. The maximum absolute atomic E-state index is 5.79. The minimum Gasteiger partial charge on any atom is -0.377 e. The zero-order chi connectivity index (χ0) is 13.9. The lowest BCUT2D eigenvalue weighted by Gasteiger charge is -2.28.